The number of hydrogen-bond acceptors (Lipinski definition) is 8. The third kappa shape index (κ3) is 4.07. The Hall–Kier alpha value is -4.64. The Labute approximate surface area is 196 Å². The van der Waals surface area contributed by atoms with Gasteiger partial charge in [0.2, 0.25) is 5.88 Å². The summed E-state index contributed by atoms with van der Waals surface area (Å²) in [5.74, 6) is 1.01. The van der Waals surface area contributed by atoms with Crippen molar-refractivity contribution in [3.8, 4) is 34.8 Å². The number of nitrogens with two attached hydrogens (primary N) is 1. The summed E-state index contributed by atoms with van der Waals surface area (Å²) < 4.78 is 27.2. The minimum absolute atomic E-state index is 0.0250. The van der Waals surface area contributed by atoms with Crippen LogP contribution in [-0.4, -0.2) is 27.3 Å². The van der Waals surface area contributed by atoms with E-state index in [0.29, 0.717) is 28.6 Å². The fraction of sp³-hybridized carbons (Fsp3) is 0.154. The van der Waals surface area contributed by atoms with Crippen LogP contribution in [0, 0.1) is 11.3 Å². The molecular formula is C26H22N2O6. The van der Waals surface area contributed by atoms with Gasteiger partial charge in [-0.25, -0.2) is 4.79 Å². The summed E-state index contributed by atoms with van der Waals surface area (Å²) in [6, 6.07) is 19.3. The molecule has 3 aromatic carbocycles. The molecular weight excluding hydrogens is 436 g/mol. The van der Waals surface area contributed by atoms with Gasteiger partial charge >= 0.3 is 5.97 Å². The van der Waals surface area contributed by atoms with Crippen molar-refractivity contribution in [1.29, 1.82) is 5.26 Å². The Morgan fingerprint density at radius 1 is 0.941 bits per heavy atom. The third-order valence-electron chi connectivity index (χ3n) is 5.47. The second-order valence-electron chi connectivity index (χ2n) is 7.33. The lowest BCUT2D eigenvalue weighted by molar-refractivity contribution is 0.0731. The van der Waals surface area contributed by atoms with E-state index in [4.69, 9.17) is 29.4 Å². The van der Waals surface area contributed by atoms with Crippen molar-refractivity contribution in [2.24, 2.45) is 5.73 Å². The van der Waals surface area contributed by atoms with Crippen LogP contribution in [0.25, 0.3) is 0 Å². The van der Waals surface area contributed by atoms with E-state index in [2.05, 4.69) is 6.07 Å². The molecule has 0 amide bonds. The van der Waals surface area contributed by atoms with E-state index in [0.717, 1.165) is 5.56 Å². The monoisotopic (exact) mass is 458 g/mol. The third-order valence-corrected chi connectivity index (χ3v) is 5.47. The van der Waals surface area contributed by atoms with Crippen LogP contribution in [0.4, 0.5) is 0 Å². The van der Waals surface area contributed by atoms with Gasteiger partial charge in [0.25, 0.3) is 0 Å². The zero-order valence-corrected chi connectivity index (χ0v) is 18.8. The van der Waals surface area contributed by atoms with Gasteiger partial charge in [0.1, 0.15) is 34.5 Å². The molecule has 0 saturated carbocycles. The van der Waals surface area contributed by atoms with Crippen molar-refractivity contribution in [1.82, 2.24) is 0 Å². The van der Waals surface area contributed by atoms with Crippen LogP contribution >= 0.6 is 0 Å². The molecule has 1 heterocycles. The van der Waals surface area contributed by atoms with E-state index in [9.17, 15) is 10.1 Å². The van der Waals surface area contributed by atoms with E-state index in [1.54, 1.807) is 61.7 Å². The largest absolute Gasteiger partial charge is 0.496 e. The Morgan fingerprint density at radius 3 is 2.38 bits per heavy atom. The van der Waals surface area contributed by atoms with Gasteiger partial charge in [0.15, 0.2) is 11.5 Å². The van der Waals surface area contributed by atoms with Crippen molar-refractivity contribution in [3.05, 3.63) is 88.8 Å². The van der Waals surface area contributed by atoms with E-state index >= 15 is 0 Å². The van der Waals surface area contributed by atoms with Crippen LogP contribution < -0.4 is 29.4 Å². The SMILES string of the molecule is COc1ccc([C@H]2C(C#N)=C(N)Oc3cc(OC(=O)c4ccccc4OC)ccc32)cc1OC. The van der Waals surface area contributed by atoms with Crippen LogP contribution in [0.15, 0.2) is 72.1 Å². The number of rotatable bonds is 6. The maximum Gasteiger partial charge on any atom is 0.347 e. The highest BCUT2D eigenvalue weighted by atomic mass is 16.5. The van der Waals surface area contributed by atoms with E-state index in [-0.39, 0.29) is 22.8 Å². The molecule has 0 bridgehead atoms. The first-order valence-electron chi connectivity index (χ1n) is 10.3. The van der Waals surface area contributed by atoms with Crippen molar-refractivity contribution in [2.75, 3.05) is 21.3 Å². The second kappa shape index (κ2) is 9.46. The van der Waals surface area contributed by atoms with Gasteiger partial charge in [-0.15, -0.1) is 0 Å². The highest BCUT2D eigenvalue weighted by molar-refractivity contribution is 5.94. The predicted octanol–water partition coefficient (Wildman–Crippen LogP) is 4.15. The van der Waals surface area contributed by atoms with Crippen molar-refractivity contribution >= 4 is 5.97 Å². The number of allylic oxidation sites excluding steroid dienone is 1. The quantitative estimate of drug-likeness (QED) is 0.433. The fourth-order valence-corrected chi connectivity index (χ4v) is 3.85. The van der Waals surface area contributed by atoms with Gasteiger partial charge in [0, 0.05) is 11.6 Å². The number of hydrogen-bond donors (Lipinski definition) is 1. The molecule has 8 nitrogen and oxygen atoms in total. The van der Waals surface area contributed by atoms with Crippen LogP contribution in [0.2, 0.25) is 0 Å². The highest BCUT2D eigenvalue weighted by Gasteiger charge is 2.32. The molecule has 0 spiro atoms. The van der Waals surface area contributed by atoms with Crippen molar-refractivity contribution in [3.63, 3.8) is 0 Å². The van der Waals surface area contributed by atoms with E-state index < -0.39 is 11.9 Å². The smallest absolute Gasteiger partial charge is 0.347 e. The Bertz CT molecular complexity index is 1330. The molecule has 0 aliphatic carbocycles. The Morgan fingerprint density at radius 2 is 1.68 bits per heavy atom. The van der Waals surface area contributed by atoms with Crippen LogP contribution in [0.1, 0.15) is 27.4 Å². The molecule has 0 fully saturated rings. The molecule has 8 heteroatoms. The lowest BCUT2D eigenvalue weighted by Gasteiger charge is -2.27. The Balaban J connectivity index is 1.72. The zero-order valence-electron chi connectivity index (χ0n) is 18.8. The van der Waals surface area contributed by atoms with Gasteiger partial charge in [-0.2, -0.15) is 5.26 Å². The zero-order chi connectivity index (χ0) is 24.2. The van der Waals surface area contributed by atoms with Crippen LogP contribution in [0.3, 0.4) is 0 Å². The number of ether oxygens (including phenoxy) is 5. The molecule has 172 valence electrons. The molecule has 1 atom stereocenters. The summed E-state index contributed by atoms with van der Waals surface area (Å²) >= 11 is 0. The van der Waals surface area contributed by atoms with E-state index in [1.807, 2.05) is 6.07 Å². The molecule has 34 heavy (non-hydrogen) atoms. The van der Waals surface area contributed by atoms with Gasteiger partial charge < -0.3 is 29.4 Å². The summed E-state index contributed by atoms with van der Waals surface area (Å²) in [5, 5.41) is 9.79. The molecule has 1 aliphatic rings. The Kier molecular flexibility index (Phi) is 6.28. The van der Waals surface area contributed by atoms with Crippen LogP contribution in [0.5, 0.6) is 28.7 Å². The van der Waals surface area contributed by atoms with Crippen molar-refractivity contribution in [2.45, 2.75) is 5.92 Å². The number of carbonyl (C=O) groups excluding carboxylic acids is 1. The summed E-state index contributed by atoms with van der Waals surface area (Å²) in [6.45, 7) is 0. The number of carbonyl (C=O) groups is 1. The number of benzene rings is 3. The fourth-order valence-electron chi connectivity index (χ4n) is 3.85. The molecule has 2 N–H and O–H groups in total. The molecule has 0 aromatic heterocycles. The van der Waals surface area contributed by atoms with Gasteiger partial charge in [-0.3, -0.25) is 0 Å². The molecule has 0 saturated heterocycles. The minimum Gasteiger partial charge on any atom is -0.496 e. The maximum atomic E-state index is 12.7. The molecule has 3 aromatic rings. The number of nitrogens with zero attached hydrogens (tertiary/aromatic N) is 1. The lowest BCUT2D eigenvalue weighted by Crippen LogP contribution is -2.21. The summed E-state index contributed by atoms with van der Waals surface area (Å²) in [7, 11) is 4.57. The van der Waals surface area contributed by atoms with Gasteiger partial charge in [0.05, 0.1) is 27.2 Å². The lowest BCUT2D eigenvalue weighted by atomic mass is 9.83. The molecule has 4 rings (SSSR count). The maximum absolute atomic E-state index is 12.7. The molecule has 0 unspecified atom stereocenters. The number of fused-ring (bicyclic) bond motifs is 1. The van der Waals surface area contributed by atoms with Gasteiger partial charge in [-0.1, -0.05) is 24.3 Å². The van der Waals surface area contributed by atoms with Crippen LogP contribution in [-0.2, 0) is 0 Å². The first-order chi connectivity index (χ1) is 16.5. The van der Waals surface area contributed by atoms with Gasteiger partial charge in [-0.05, 0) is 35.9 Å². The molecule has 1 aliphatic heterocycles. The highest BCUT2D eigenvalue weighted by Crippen LogP contribution is 2.45. The standard InChI is InChI=1S/C26H22N2O6/c1-30-20-7-5-4-6-18(20)26(29)33-16-9-10-17-22(13-16)34-25(28)19(14-27)24(17)15-8-11-21(31-2)23(12-15)32-3/h4-13,24H,28H2,1-3H3/t24-/m1/s1. The average Bonchev–Trinajstić information content (AvgIpc) is 2.87. The minimum atomic E-state index is -0.578. The second-order valence-corrected chi connectivity index (χ2v) is 7.33. The van der Waals surface area contributed by atoms with E-state index in [1.165, 1.54) is 14.2 Å². The average molecular weight is 458 g/mol. The number of methoxy groups -OCH3 is 3. The number of nitriles is 1. The summed E-state index contributed by atoms with van der Waals surface area (Å²) in [4.78, 5) is 12.7. The van der Waals surface area contributed by atoms with Crippen molar-refractivity contribution < 1.29 is 28.5 Å². The predicted molar refractivity (Wildman–Crippen MR) is 123 cm³/mol. The summed E-state index contributed by atoms with van der Waals surface area (Å²) in [6.07, 6.45) is 0. The first kappa shape index (κ1) is 22.6. The molecule has 0 radical (unpaired) electrons. The first-order valence-corrected chi connectivity index (χ1v) is 10.3. The number of esters is 1. The summed E-state index contributed by atoms with van der Waals surface area (Å²) in [5.41, 5.74) is 8.10. The number of para-hydroxylation sites is 1. The normalized spacial score (nSPS) is 14.4. The topological polar surface area (TPSA) is 113 Å².